The number of hydrogen-bond donors (Lipinski definition) is 2. The van der Waals surface area contributed by atoms with Gasteiger partial charge in [0.05, 0.1) is 6.61 Å². The van der Waals surface area contributed by atoms with Crippen LogP contribution in [0, 0.1) is 0 Å². The third-order valence-electron chi connectivity index (χ3n) is 0.804. The Morgan fingerprint density at radius 3 is 2.70 bits per heavy atom. The molecular formula is C6H10O3S. The molecule has 0 aromatic rings. The van der Waals surface area contributed by atoms with E-state index >= 15 is 0 Å². The minimum absolute atomic E-state index is 0.0195. The molecule has 58 valence electrons. The Balaban J connectivity index is 3.52. The van der Waals surface area contributed by atoms with Gasteiger partial charge < -0.3 is 9.84 Å². The normalized spacial score (nSPS) is 9.00. The fourth-order valence-corrected chi connectivity index (χ4v) is 0.434. The van der Waals surface area contributed by atoms with Crippen LogP contribution in [0.25, 0.3) is 0 Å². The predicted octanol–water partition coefficient (Wildman–Crippen LogP) is 0.00790. The van der Waals surface area contributed by atoms with Crippen molar-refractivity contribution in [1.82, 2.24) is 0 Å². The molecule has 4 heteroatoms. The lowest BCUT2D eigenvalue weighted by Crippen LogP contribution is -2.10. The molecule has 0 saturated heterocycles. The van der Waals surface area contributed by atoms with Gasteiger partial charge in [0.15, 0.2) is 0 Å². The zero-order valence-corrected chi connectivity index (χ0v) is 6.43. The number of ether oxygens (including phenoxy) is 1. The highest BCUT2D eigenvalue weighted by Gasteiger charge is 2.04. The van der Waals surface area contributed by atoms with Crippen LogP contribution in [0.5, 0.6) is 0 Å². The van der Waals surface area contributed by atoms with Gasteiger partial charge in [0.1, 0.15) is 6.61 Å². The molecule has 0 fully saturated rings. The average molecular weight is 162 g/mol. The first kappa shape index (κ1) is 9.52. The number of rotatable bonds is 4. The van der Waals surface area contributed by atoms with E-state index < -0.39 is 5.97 Å². The van der Waals surface area contributed by atoms with Crippen molar-refractivity contribution >= 4 is 18.6 Å². The molecule has 1 N–H and O–H groups in total. The maximum Gasteiger partial charge on any atom is 0.334 e. The van der Waals surface area contributed by atoms with Crippen molar-refractivity contribution < 1.29 is 14.6 Å². The van der Waals surface area contributed by atoms with Gasteiger partial charge >= 0.3 is 5.97 Å². The van der Waals surface area contributed by atoms with Crippen molar-refractivity contribution in [1.29, 1.82) is 0 Å². The molecule has 10 heavy (non-hydrogen) atoms. The van der Waals surface area contributed by atoms with Crippen LogP contribution in [-0.2, 0) is 9.53 Å². The van der Waals surface area contributed by atoms with Crippen molar-refractivity contribution in [2.45, 2.75) is 0 Å². The summed E-state index contributed by atoms with van der Waals surface area (Å²) >= 11 is 3.81. The van der Waals surface area contributed by atoms with Crippen LogP contribution in [0.2, 0.25) is 0 Å². The third kappa shape index (κ3) is 3.53. The Morgan fingerprint density at radius 1 is 1.70 bits per heavy atom. The topological polar surface area (TPSA) is 46.5 Å². The molecule has 0 heterocycles. The van der Waals surface area contributed by atoms with Crippen molar-refractivity contribution in [3.8, 4) is 0 Å². The van der Waals surface area contributed by atoms with Crippen LogP contribution in [-0.4, -0.2) is 30.0 Å². The number of carbonyl (C=O) groups excluding carboxylic acids is 1. The second-order valence-electron chi connectivity index (χ2n) is 1.62. The minimum Gasteiger partial charge on any atom is -0.460 e. The van der Waals surface area contributed by atoms with Crippen LogP contribution >= 0.6 is 12.6 Å². The van der Waals surface area contributed by atoms with E-state index in [0.717, 1.165) is 0 Å². The van der Waals surface area contributed by atoms with E-state index in [-0.39, 0.29) is 19.0 Å². The molecule has 0 rings (SSSR count). The monoisotopic (exact) mass is 162 g/mol. The fourth-order valence-electron chi connectivity index (χ4n) is 0.305. The van der Waals surface area contributed by atoms with Gasteiger partial charge in [-0.2, -0.15) is 12.6 Å². The molecule has 0 aliphatic rings. The van der Waals surface area contributed by atoms with Gasteiger partial charge in [-0.15, -0.1) is 0 Å². The summed E-state index contributed by atoms with van der Waals surface area (Å²) in [7, 11) is 0. The van der Waals surface area contributed by atoms with Crippen LogP contribution in [0.15, 0.2) is 12.2 Å². The highest BCUT2D eigenvalue weighted by molar-refractivity contribution is 7.80. The molecule has 0 atom stereocenters. The molecule has 3 nitrogen and oxygen atoms in total. The molecule has 0 saturated carbocycles. The third-order valence-corrected chi connectivity index (χ3v) is 1.19. The van der Waals surface area contributed by atoms with Gasteiger partial charge in [-0.1, -0.05) is 6.58 Å². The van der Waals surface area contributed by atoms with Crippen molar-refractivity contribution in [3.63, 3.8) is 0 Å². The summed E-state index contributed by atoms with van der Waals surface area (Å²) in [5.41, 5.74) is 0.303. The van der Waals surface area contributed by atoms with Gasteiger partial charge in [-0.3, -0.25) is 0 Å². The Labute approximate surface area is 65.1 Å². The lowest BCUT2D eigenvalue weighted by Gasteiger charge is -2.01. The molecule has 0 aliphatic heterocycles. The Bertz CT molecular complexity index is 133. The Hall–Kier alpha value is -0.480. The highest BCUT2D eigenvalue weighted by atomic mass is 32.1. The first-order valence-electron chi connectivity index (χ1n) is 2.79. The first-order valence-corrected chi connectivity index (χ1v) is 3.42. The number of aliphatic hydroxyl groups is 1. The molecule has 0 unspecified atom stereocenters. The summed E-state index contributed by atoms with van der Waals surface area (Å²) in [5, 5.41) is 8.24. The van der Waals surface area contributed by atoms with E-state index in [1.807, 2.05) is 0 Å². The van der Waals surface area contributed by atoms with Crippen LogP contribution in [0.1, 0.15) is 0 Å². The number of esters is 1. The van der Waals surface area contributed by atoms with Gasteiger partial charge in [-0.25, -0.2) is 4.79 Å². The molecule has 0 aliphatic carbocycles. The molecule has 0 aromatic heterocycles. The number of carbonyl (C=O) groups is 1. The summed E-state index contributed by atoms with van der Waals surface area (Å²) in [5.74, 6) is -0.214. The lowest BCUT2D eigenvalue weighted by atomic mass is 10.4. The van der Waals surface area contributed by atoms with E-state index in [0.29, 0.717) is 5.57 Å². The van der Waals surface area contributed by atoms with Crippen LogP contribution < -0.4 is 0 Å². The quantitative estimate of drug-likeness (QED) is 0.348. The van der Waals surface area contributed by atoms with E-state index in [1.165, 1.54) is 0 Å². The smallest absolute Gasteiger partial charge is 0.334 e. The molecule has 0 aromatic carbocycles. The summed E-state index contributed by atoms with van der Waals surface area (Å²) in [6, 6.07) is 0. The standard InChI is InChI=1S/C6H10O3S/c1-5(4-10)6(8)9-3-2-7/h7,10H,1-4H2. The zero-order chi connectivity index (χ0) is 7.98. The zero-order valence-electron chi connectivity index (χ0n) is 5.54. The summed E-state index contributed by atoms with van der Waals surface area (Å²) in [6.07, 6.45) is 0. The maximum atomic E-state index is 10.7. The molecule has 0 radical (unpaired) electrons. The minimum atomic E-state index is -0.496. The van der Waals surface area contributed by atoms with Crippen molar-refractivity contribution in [2.24, 2.45) is 0 Å². The number of thiol groups is 1. The second-order valence-corrected chi connectivity index (χ2v) is 1.94. The van der Waals surface area contributed by atoms with Gasteiger partial charge in [0.25, 0.3) is 0 Å². The van der Waals surface area contributed by atoms with Crippen molar-refractivity contribution in [2.75, 3.05) is 19.0 Å². The predicted molar refractivity (Wildman–Crippen MR) is 41.0 cm³/mol. The summed E-state index contributed by atoms with van der Waals surface area (Å²) in [6.45, 7) is 3.25. The fraction of sp³-hybridized carbons (Fsp3) is 0.500. The molecule has 0 bridgehead atoms. The SMILES string of the molecule is C=C(CS)C(=O)OCCO. The van der Waals surface area contributed by atoms with Crippen molar-refractivity contribution in [3.05, 3.63) is 12.2 Å². The maximum absolute atomic E-state index is 10.7. The summed E-state index contributed by atoms with van der Waals surface area (Å²) in [4.78, 5) is 10.7. The van der Waals surface area contributed by atoms with E-state index in [1.54, 1.807) is 0 Å². The summed E-state index contributed by atoms with van der Waals surface area (Å²) < 4.78 is 4.51. The molecule has 0 amide bonds. The van der Waals surface area contributed by atoms with Gasteiger partial charge in [-0.05, 0) is 0 Å². The Kier molecular flexibility index (Phi) is 5.06. The van der Waals surface area contributed by atoms with Crippen LogP contribution in [0.3, 0.4) is 0 Å². The lowest BCUT2D eigenvalue weighted by molar-refractivity contribution is -0.139. The largest absolute Gasteiger partial charge is 0.460 e. The average Bonchev–Trinajstić information content (AvgIpc) is 1.98. The van der Waals surface area contributed by atoms with E-state index in [9.17, 15) is 4.79 Å². The number of hydrogen-bond acceptors (Lipinski definition) is 4. The van der Waals surface area contributed by atoms with E-state index in [2.05, 4.69) is 23.9 Å². The Morgan fingerprint density at radius 2 is 2.30 bits per heavy atom. The van der Waals surface area contributed by atoms with Gasteiger partial charge in [0.2, 0.25) is 0 Å². The second kappa shape index (κ2) is 5.32. The number of aliphatic hydroxyl groups excluding tert-OH is 1. The van der Waals surface area contributed by atoms with Gasteiger partial charge in [0, 0.05) is 11.3 Å². The first-order chi connectivity index (χ1) is 4.72. The van der Waals surface area contributed by atoms with Crippen LogP contribution in [0.4, 0.5) is 0 Å². The highest BCUT2D eigenvalue weighted by Crippen LogP contribution is 1.95. The molecular weight excluding hydrogens is 152 g/mol. The molecule has 0 spiro atoms. The van der Waals surface area contributed by atoms with E-state index in [4.69, 9.17) is 5.11 Å².